The van der Waals surface area contributed by atoms with E-state index < -0.39 is 0 Å². The van der Waals surface area contributed by atoms with Crippen molar-refractivity contribution in [2.45, 2.75) is 18.2 Å². The molecule has 21 heavy (non-hydrogen) atoms. The second-order valence-corrected chi connectivity index (χ2v) is 6.27. The number of nitrogens with two attached hydrogens (primary N) is 1. The highest BCUT2D eigenvalue weighted by Gasteiger charge is 2.05. The van der Waals surface area contributed by atoms with Gasteiger partial charge in [0, 0.05) is 33.5 Å². The van der Waals surface area contributed by atoms with Crippen molar-refractivity contribution in [3.8, 4) is 0 Å². The molecule has 0 atom stereocenters. The monoisotopic (exact) mass is 320 g/mol. The van der Waals surface area contributed by atoms with Gasteiger partial charge in [0.1, 0.15) is 0 Å². The van der Waals surface area contributed by atoms with E-state index in [0.717, 1.165) is 16.1 Å². The number of amides is 1. The fraction of sp³-hybridized carbons (Fsp3) is 0.188. The summed E-state index contributed by atoms with van der Waals surface area (Å²) in [6, 6.07) is 13.0. The zero-order chi connectivity index (χ0) is 15.2. The van der Waals surface area contributed by atoms with E-state index in [4.69, 9.17) is 17.3 Å². The van der Waals surface area contributed by atoms with Crippen molar-refractivity contribution in [2.24, 2.45) is 0 Å². The predicted molar refractivity (Wildman–Crippen MR) is 91.0 cm³/mol. The fourth-order valence-electron chi connectivity index (χ4n) is 1.81. The molecule has 0 saturated carbocycles. The van der Waals surface area contributed by atoms with Crippen LogP contribution in [-0.4, -0.2) is 11.7 Å². The standard InChI is InChI=1S/C16H17ClN2OS/c1-11-5-6-14(18)15(9-11)21-8-7-16(20)19-13-4-2-3-12(17)10-13/h2-6,9-10H,7-8,18H2,1H3,(H,19,20). The highest BCUT2D eigenvalue weighted by molar-refractivity contribution is 7.99. The van der Waals surface area contributed by atoms with E-state index in [0.29, 0.717) is 22.9 Å². The van der Waals surface area contributed by atoms with Crippen molar-refractivity contribution in [3.05, 3.63) is 53.1 Å². The normalized spacial score (nSPS) is 10.4. The van der Waals surface area contributed by atoms with Gasteiger partial charge in [0.15, 0.2) is 0 Å². The molecule has 5 heteroatoms. The van der Waals surface area contributed by atoms with Crippen molar-refractivity contribution in [1.29, 1.82) is 0 Å². The number of nitrogens with one attached hydrogen (secondary N) is 1. The number of nitrogen functional groups attached to an aromatic ring is 1. The van der Waals surface area contributed by atoms with Gasteiger partial charge in [-0.25, -0.2) is 0 Å². The molecule has 0 unspecified atom stereocenters. The molecular formula is C16H17ClN2OS. The number of halogens is 1. The molecule has 0 bridgehead atoms. The summed E-state index contributed by atoms with van der Waals surface area (Å²) >= 11 is 7.47. The number of hydrogen-bond acceptors (Lipinski definition) is 3. The van der Waals surface area contributed by atoms with Gasteiger partial charge >= 0.3 is 0 Å². The fourth-order valence-corrected chi connectivity index (χ4v) is 3.01. The van der Waals surface area contributed by atoms with E-state index in [-0.39, 0.29) is 5.91 Å². The topological polar surface area (TPSA) is 55.1 Å². The largest absolute Gasteiger partial charge is 0.398 e. The van der Waals surface area contributed by atoms with E-state index in [1.807, 2.05) is 31.2 Å². The van der Waals surface area contributed by atoms with Crippen LogP contribution in [0.15, 0.2) is 47.4 Å². The first kappa shape index (κ1) is 15.7. The second kappa shape index (κ2) is 7.38. The molecule has 0 aliphatic heterocycles. The lowest BCUT2D eigenvalue weighted by atomic mass is 10.2. The van der Waals surface area contributed by atoms with Crippen LogP contribution >= 0.6 is 23.4 Å². The van der Waals surface area contributed by atoms with Crippen LogP contribution in [0.25, 0.3) is 0 Å². The molecule has 0 aliphatic rings. The van der Waals surface area contributed by atoms with E-state index in [2.05, 4.69) is 5.32 Å². The van der Waals surface area contributed by atoms with Crippen LogP contribution in [0.2, 0.25) is 5.02 Å². The van der Waals surface area contributed by atoms with Gasteiger partial charge in [0.2, 0.25) is 5.91 Å². The maximum absolute atomic E-state index is 11.9. The number of carbonyl (C=O) groups is 1. The van der Waals surface area contributed by atoms with Crippen molar-refractivity contribution in [3.63, 3.8) is 0 Å². The lowest BCUT2D eigenvalue weighted by molar-refractivity contribution is -0.115. The first-order valence-electron chi connectivity index (χ1n) is 6.59. The van der Waals surface area contributed by atoms with Crippen LogP contribution in [0.5, 0.6) is 0 Å². The minimum absolute atomic E-state index is 0.0315. The molecule has 1 amide bonds. The first-order valence-corrected chi connectivity index (χ1v) is 7.95. The maximum atomic E-state index is 11.9. The number of rotatable bonds is 5. The molecule has 0 spiro atoms. The van der Waals surface area contributed by atoms with Gasteiger partial charge in [-0.3, -0.25) is 4.79 Å². The van der Waals surface area contributed by atoms with Crippen LogP contribution in [0.4, 0.5) is 11.4 Å². The Morgan fingerprint density at radius 1 is 1.29 bits per heavy atom. The van der Waals surface area contributed by atoms with Crippen molar-refractivity contribution < 1.29 is 4.79 Å². The van der Waals surface area contributed by atoms with Crippen LogP contribution in [0, 0.1) is 6.92 Å². The summed E-state index contributed by atoms with van der Waals surface area (Å²) in [6.45, 7) is 2.02. The highest BCUT2D eigenvalue weighted by atomic mass is 35.5. The number of anilines is 2. The van der Waals surface area contributed by atoms with Crippen LogP contribution in [0.3, 0.4) is 0 Å². The van der Waals surface area contributed by atoms with Crippen LogP contribution in [0.1, 0.15) is 12.0 Å². The summed E-state index contributed by atoms with van der Waals surface area (Å²) < 4.78 is 0. The zero-order valence-electron chi connectivity index (χ0n) is 11.7. The summed E-state index contributed by atoms with van der Waals surface area (Å²) in [5.74, 6) is 0.649. The Kier molecular flexibility index (Phi) is 5.53. The number of hydrogen-bond donors (Lipinski definition) is 2. The van der Waals surface area contributed by atoms with E-state index in [1.165, 1.54) is 0 Å². The lowest BCUT2D eigenvalue weighted by Crippen LogP contribution is -2.12. The van der Waals surface area contributed by atoms with Gasteiger partial charge in [0.25, 0.3) is 0 Å². The summed E-state index contributed by atoms with van der Waals surface area (Å²) in [4.78, 5) is 12.9. The molecule has 0 fully saturated rings. The molecule has 3 N–H and O–H groups in total. The summed E-state index contributed by atoms with van der Waals surface area (Å²) in [6.07, 6.45) is 0.421. The summed E-state index contributed by atoms with van der Waals surface area (Å²) in [5, 5.41) is 3.43. The molecule has 2 aromatic rings. The second-order valence-electron chi connectivity index (χ2n) is 4.70. The predicted octanol–water partition coefficient (Wildman–Crippen LogP) is 4.35. The third-order valence-corrected chi connectivity index (χ3v) is 4.17. The van der Waals surface area contributed by atoms with Gasteiger partial charge in [0.05, 0.1) is 0 Å². The van der Waals surface area contributed by atoms with Gasteiger partial charge in [-0.15, -0.1) is 11.8 Å². The number of carbonyl (C=O) groups excluding carboxylic acids is 1. The Morgan fingerprint density at radius 2 is 2.10 bits per heavy atom. The third-order valence-electron chi connectivity index (χ3n) is 2.86. The molecule has 0 heterocycles. The Hall–Kier alpha value is -1.65. The average Bonchev–Trinajstić information content (AvgIpc) is 2.42. The number of benzene rings is 2. The summed E-state index contributed by atoms with van der Waals surface area (Å²) in [5.41, 5.74) is 8.54. The third kappa shape index (κ3) is 4.99. The Labute approximate surface area is 133 Å². The quantitative estimate of drug-likeness (QED) is 0.636. The lowest BCUT2D eigenvalue weighted by Gasteiger charge is -2.07. The molecule has 2 rings (SSSR count). The number of aryl methyl sites for hydroxylation is 1. The minimum atomic E-state index is -0.0315. The van der Waals surface area contributed by atoms with Crippen LogP contribution < -0.4 is 11.1 Å². The van der Waals surface area contributed by atoms with E-state index in [1.54, 1.807) is 30.0 Å². The van der Waals surface area contributed by atoms with Crippen molar-refractivity contribution in [2.75, 3.05) is 16.8 Å². The van der Waals surface area contributed by atoms with Gasteiger partial charge in [-0.05, 0) is 42.8 Å². The van der Waals surface area contributed by atoms with E-state index in [9.17, 15) is 4.79 Å². The zero-order valence-corrected chi connectivity index (χ0v) is 13.3. The smallest absolute Gasteiger partial charge is 0.225 e. The Morgan fingerprint density at radius 3 is 2.86 bits per heavy atom. The van der Waals surface area contributed by atoms with Gasteiger partial charge in [-0.2, -0.15) is 0 Å². The molecule has 110 valence electrons. The Bertz CT molecular complexity index is 646. The van der Waals surface area contributed by atoms with Gasteiger partial charge in [-0.1, -0.05) is 23.7 Å². The molecule has 0 radical (unpaired) electrons. The molecule has 0 saturated heterocycles. The SMILES string of the molecule is Cc1ccc(N)c(SCCC(=O)Nc2cccc(Cl)c2)c1. The maximum Gasteiger partial charge on any atom is 0.225 e. The average molecular weight is 321 g/mol. The highest BCUT2D eigenvalue weighted by Crippen LogP contribution is 2.26. The minimum Gasteiger partial charge on any atom is -0.398 e. The molecule has 0 aliphatic carbocycles. The Balaban J connectivity index is 1.83. The van der Waals surface area contributed by atoms with Crippen molar-refractivity contribution >= 4 is 40.6 Å². The molecule has 2 aromatic carbocycles. The molecule has 3 nitrogen and oxygen atoms in total. The van der Waals surface area contributed by atoms with Gasteiger partial charge < -0.3 is 11.1 Å². The van der Waals surface area contributed by atoms with Crippen molar-refractivity contribution in [1.82, 2.24) is 0 Å². The first-order chi connectivity index (χ1) is 10.0. The summed E-state index contributed by atoms with van der Waals surface area (Å²) in [7, 11) is 0. The number of thioether (sulfide) groups is 1. The van der Waals surface area contributed by atoms with E-state index >= 15 is 0 Å². The molecule has 0 aromatic heterocycles. The molecular weight excluding hydrogens is 304 g/mol. The van der Waals surface area contributed by atoms with Crippen LogP contribution in [-0.2, 0) is 4.79 Å².